The summed E-state index contributed by atoms with van der Waals surface area (Å²) in [7, 11) is 3.19. The van der Waals surface area contributed by atoms with Crippen LogP contribution >= 0.6 is 0 Å². The van der Waals surface area contributed by atoms with Crippen molar-refractivity contribution in [1.29, 1.82) is 0 Å². The Morgan fingerprint density at radius 2 is 1.74 bits per heavy atom. The van der Waals surface area contributed by atoms with Gasteiger partial charge in [0.05, 0.1) is 19.6 Å². The lowest BCUT2D eigenvalue weighted by molar-refractivity contribution is -0.139. The lowest BCUT2D eigenvalue weighted by Crippen LogP contribution is -2.41. The van der Waals surface area contributed by atoms with Crippen LogP contribution in [0.2, 0.25) is 0 Å². The molecule has 1 aliphatic heterocycles. The number of ether oxygens (including phenoxy) is 2. The molecule has 0 bridgehead atoms. The highest BCUT2D eigenvalue weighted by Crippen LogP contribution is 2.33. The number of hydrogen-bond donors (Lipinski definition) is 1. The lowest BCUT2D eigenvalue weighted by atomic mass is 9.87. The van der Waals surface area contributed by atoms with Crippen LogP contribution in [0, 0.1) is 5.41 Å². The van der Waals surface area contributed by atoms with Crippen molar-refractivity contribution < 1.29 is 19.1 Å². The first-order valence-electron chi connectivity index (χ1n) is 7.60. The molecule has 0 aliphatic carbocycles. The molecule has 0 aromatic heterocycles. The van der Waals surface area contributed by atoms with E-state index in [2.05, 4.69) is 0 Å². The maximum Gasteiger partial charge on any atom is 0.223 e. The minimum atomic E-state index is -0.838. The smallest absolute Gasteiger partial charge is 0.223 e. The first kappa shape index (κ1) is 17.1. The molecule has 0 unspecified atom stereocenters. The maximum atomic E-state index is 12.5. The molecule has 0 fully saturated rings. The van der Waals surface area contributed by atoms with E-state index in [1.165, 1.54) is 0 Å². The monoisotopic (exact) mass is 320 g/mol. The molecule has 0 saturated heterocycles. The molecule has 2 rings (SSSR count). The van der Waals surface area contributed by atoms with E-state index in [1.54, 1.807) is 33.0 Å². The van der Waals surface area contributed by atoms with Gasteiger partial charge in [0.15, 0.2) is 11.5 Å². The van der Waals surface area contributed by atoms with Crippen LogP contribution in [-0.4, -0.2) is 37.5 Å². The van der Waals surface area contributed by atoms with Gasteiger partial charge in [0, 0.05) is 19.5 Å². The summed E-state index contributed by atoms with van der Waals surface area (Å²) in [5.74, 6) is 0.822. The van der Waals surface area contributed by atoms with Gasteiger partial charge in [0.1, 0.15) is 0 Å². The quantitative estimate of drug-likeness (QED) is 0.891. The number of carbonyl (C=O) groups excluding carboxylic acids is 2. The fraction of sp³-hybridized carbons (Fsp3) is 0.529. The number of nitrogens with two attached hydrogens (primary N) is 1. The first-order valence-corrected chi connectivity index (χ1v) is 7.60. The number of hydrogen-bond acceptors (Lipinski definition) is 4. The number of amides is 2. The van der Waals surface area contributed by atoms with Gasteiger partial charge in [-0.1, -0.05) is 13.8 Å². The molecular weight excluding hydrogens is 296 g/mol. The predicted molar refractivity (Wildman–Crippen MR) is 86.3 cm³/mol. The van der Waals surface area contributed by atoms with Crippen LogP contribution in [0.25, 0.3) is 0 Å². The van der Waals surface area contributed by atoms with Crippen LogP contribution in [-0.2, 0) is 22.6 Å². The van der Waals surface area contributed by atoms with E-state index in [-0.39, 0.29) is 12.3 Å². The molecule has 6 nitrogen and oxygen atoms in total. The molecule has 2 amide bonds. The van der Waals surface area contributed by atoms with Gasteiger partial charge in [-0.15, -0.1) is 0 Å². The Morgan fingerprint density at radius 1 is 1.17 bits per heavy atom. The highest BCUT2D eigenvalue weighted by molar-refractivity contribution is 5.87. The zero-order valence-electron chi connectivity index (χ0n) is 14.1. The third-order valence-corrected chi connectivity index (χ3v) is 4.33. The van der Waals surface area contributed by atoms with Crippen LogP contribution in [0.3, 0.4) is 0 Å². The number of methoxy groups -OCH3 is 2. The zero-order chi connectivity index (χ0) is 17.2. The van der Waals surface area contributed by atoms with Crippen molar-refractivity contribution in [3.8, 4) is 11.5 Å². The number of benzene rings is 1. The van der Waals surface area contributed by atoms with Gasteiger partial charge in [-0.2, -0.15) is 0 Å². The maximum absolute atomic E-state index is 12.5. The molecule has 1 aliphatic rings. The van der Waals surface area contributed by atoms with Crippen molar-refractivity contribution >= 4 is 11.8 Å². The van der Waals surface area contributed by atoms with Crippen LogP contribution in [0.4, 0.5) is 0 Å². The van der Waals surface area contributed by atoms with E-state index in [0.717, 1.165) is 17.5 Å². The molecule has 0 spiro atoms. The largest absolute Gasteiger partial charge is 0.493 e. The second-order valence-electron chi connectivity index (χ2n) is 6.47. The van der Waals surface area contributed by atoms with Gasteiger partial charge in [0.2, 0.25) is 11.8 Å². The molecule has 126 valence electrons. The fourth-order valence-corrected chi connectivity index (χ4v) is 2.67. The Hall–Kier alpha value is -2.24. The highest BCUT2D eigenvalue weighted by Gasteiger charge is 2.31. The van der Waals surface area contributed by atoms with Crippen LogP contribution in [0.1, 0.15) is 31.4 Å². The average Bonchev–Trinajstić information content (AvgIpc) is 2.52. The van der Waals surface area contributed by atoms with Crippen molar-refractivity contribution in [2.45, 2.75) is 33.2 Å². The topological polar surface area (TPSA) is 81.9 Å². The Morgan fingerprint density at radius 3 is 2.26 bits per heavy atom. The van der Waals surface area contributed by atoms with Crippen LogP contribution in [0.15, 0.2) is 12.1 Å². The predicted octanol–water partition coefficient (Wildman–Crippen LogP) is 1.49. The summed E-state index contributed by atoms with van der Waals surface area (Å²) < 4.78 is 10.6. The van der Waals surface area contributed by atoms with Crippen molar-refractivity contribution in [3.05, 3.63) is 23.3 Å². The summed E-state index contributed by atoms with van der Waals surface area (Å²) in [5.41, 5.74) is 6.71. The minimum absolute atomic E-state index is 0.0609. The van der Waals surface area contributed by atoms with E-state index < -0.39 is 11.3 Å². The molecule has 2 N–H and O–H groups in total. The summed E-state index contributed by atoms with van der Waals surface area (Å²) in [4.78, 5) is 25.6. The van der Waals surface area contributed by atoms with Gasteiger partial charge >= 0.3 is 0 Å². The van der Waals surface area contributed by atoms with Crippen molar-refractivity contribution in [1.82, 2.24) is 4.90 Å². The summed E-state index contributed by atoms with van der Waals surface area (Å²) in [6, 6.07) is 3.87. The Kier molecular flexibility index (Phi) is 4.82. The average molecular weight is 320 g/mol. The summed E-state index contributed by atoms with van der Waals surface area (Å²) in [5, 5.41) is 0. The molecule has 0 atom stereocenters. The molecule has 23 heavy (non-hydrogen) atoms. The molecule has 1 heterocycles. The van der Waals surface area contributed by atoms with E-state index in [0.29, 0.717) is 24.6 Å². The number of rotatable bonds is 5. The van der Waals surface area contributed by atoms with E-state index in [1.807, 2.05) is 12.1 Å². The van der Waals surface area contributed by atoms with Gasteiger partial charge < -0.3 is 20.1 Å². The Balaban J connectivity index is 2.17. The van der Waals surface area contributed by atoms with Gasteiger partial charge in [0.25, 0.3) is 0 Å². The lowest BCUT2D eigenvalue weighted by Gasteiger charge is -2.32. The summed E-state index contributed by atoms with van der Waals surface area (Å²) in [6.07, 6.45) is 0.864. The number of carbonyl (C=O) groups is 2. The molecule has 6 heteroatoms. The molecule has 1 aromatic rings. The normalized spacial score (nSPS) is 14.2. The molecule has 1 aromatic carbocycles. The van der Waals surface area contributed by atoms with Gasteiger partial charge in [-0.25, -0.2) is 0 Å². The molecule has 0 radical (unpaired) electrons. The third kappa shape index (κ3) is 3.57. The second kappa shape index (κ2) is 6.48. The van der Waals surface area contributed by atoms with Gasteiger partial charge in [-0.05, 0) is 29.7 Å². The number of fused-ring (bicyclic) bond motifs is 1. The van der Waals surface area contributed by atoms with Crippen LogP contribution in [0.5, 0.6) is 11.5 Å². The second-order valence-corrected chi connectivity index (χ2v) is 6.47. The molecule has 0 saturated carbocycles. The summed E-state index contributed by atoms with van der Waals surface area (Å²) >= 11 is 0. The Labute approximate surface area is 136 Å². The number of nitrogens with zero attached hydrogens (tertiary/aromatic N) is 1. The number of primary amides is 1. The standard InChI is InChI=1S/C17H24N2O4/c1-17(2,16(18)21)9-15(20)19-6-5-11-7-13(22-3)14(23-4)8-12(11)10-19/h7-8H,5-6,9-10H2,1-4H3,(H2,18,21). The van der Waals surface area contributed by atoms with E-state index >= 15 is 0 Å². The SMILES string of the molecule is COc1cc2c(cc1OC)CN(C(=O)CC(C)(C)C(N)=O)CC2. The van der Waals surface area contributed by atoms with Crippen molar-refractivity contribution in [2.24, 2.45) is 11.1 Å². The Bertz CT molecular complexity index is 625. The van der Waals surface area contributed by atoms with Gasteiger partial charge in [-0.3, -0.25) is 9.59 Å². The van der Waals surface area contributed by atoms with Crippen LogP contribution < -0.4 is 15.2 Å². The van der Waals surface area contributed by atoms with Crippen molar-refractivity contribution in [3.63, 3.8) is 0 Å². The summed E-state index contributed by atoms with van der Waals surface area (Å²) in [6.45, 7) is 4.51. The molecular formula is C17H24N2O4. The minimum Gasteiger partial charge on any atom is -0.493 e. The third-order valence-electron chi connectivity index (χ3n) is 4.33. The first-order chi connectivity index (χ1) is 10.8. The fourth-order valence-electron chi connectivity index (χ4n) is 2.67. The van der Waals surface area contributed by atoms with E-state index in [4.69, 9.17) is 15.2 Å². The van der Waals surface area contributed by atoms with Crippen molar-refractivity contribution in [2.75, 3.05) is 20.8 Å². The zero-order valence-corrected chi connectivity index (χ0v) is 14.1. The van der Waals surface area contributed by atoms with E-state index in [9.17, 15) is 9.59 Å². The highest BCUT2D eigenvalue weighted by atomic mass is 16.5.